The first-order valence-corrected chi connectivity index (χ1v) is 4.49. The molecular weight excluding hydrogens is 156 g/mol. The van der Waals surface area contributed by atoms with E-state index in [-0.39, 0.29) is 0 Å². The van der Waals surface area contributed by atoms with Crippen LogP contribution < -0.4 is 5.73 Å². The Morgan fingerprint density at radius 2 is 2.55 bits per heavy atom. The smallest absolute Gasteiger partial charge is 0.0901 e. The molecule has 60 valence electrons. The molecule has 2 N–H and O–H groups in total. The number of aryl methyl sites for hydroxylation is 1. The third-order valence-electron chi connectivity index (χ3n) is 1.26. The Bertz CT molecular complexity index is 240. The first-order valence-electron chi connectivity index (χ1n) is 3.61. The molecule has 1 aromatic heterocycles. The third-order valence-corrected chi connectivity index (χ3v) is 2.05. The Labute approximate surface area is 70.8 Å². The maximum absolute atomic E-state index is 5.33. The van der Waals surface area contributed by atoms with Crippen molar-refractivity contribution in [3.05, 3.63) is 22.2 Å². The molecule has 0 atom stereocenters. The average molecular weight is 168 g/mol. The van der Waals surface area contributed by atoms with Gasteiger partial charge >= 0.3 is 0 Å². The standard InChI is InChI=1S/C8H12N2S/c1-7-10-8(6-11-7)4-2-3-5-9/h2,4,6H,3,5,9H2,1H3/b4-2+. The molecule has 0 aliphatic rings. The Balaban J connectivity index is 2.50. The van der Waals surface area contributed by atoms with Gasteiger partial charge in [0.15, 0.2) is 0 Å². The minimum absolute atomic E-state index is 0.708. The summed E-state index contributed by atoms with van der Waals surface area (Å²) in [6.45, 7) is 2.71. The molecule has 0 bridgehead atoms. The molecule has 0 aromatic carbocycles. The van der Waals surface area contributed by atoms with E-state index in [9.17, 15) is 0 Å². The van der Waals surface area contributed by atoms with Crippen molar-refractivity contribution in [3.63, 3.8) is 0 Å². The second-order valence-electron chi connectivity index (χ2n) is 2.27. The van der Waals surface area contributed by atoms with Crippen LogP contribution in [0.4, 0.5) is 0 Å². The fourth-order valence-electron chi connectivity index (χ4n) is 0.757. The van der Waals surface area contributed by atoms with Gasteiger partial charge in [-0.25, -0.2) is 4.98 Å². The third kappa shape index (κ3) is 2.82. The van der Waals surface area contributed by atoms with Gasteiger partial charge in [-0.15, -0.1) is 11.3 Å². The monoisotopic (exact) mass is 168 g/mol. The number of nitrogens with two attached hydrogens (primary N) is 1. The Morgan fingerprint density at radius 3 is 3.09 bits per heavy atom. The van der Waals surface area contributed by atoms with E-state index >= 15 is 0 Å². The molecule has 3 heteroatoms. The summed E-state index contributed by atoms with van der Waals surface area (Å²) in [5, 5.41) is 3.15. The fourth-order valence-corrected chi connectivity index (χ4v) is 1.34. The molecule has 0 saturated carbocycles. The molecule has 0 aliphatic heterocycles. The predicted molar refractivity (Wildman–Crippen MR) is 49.6 cm³/mol. The van der Waals surface area contributed by atoms with E-state index in [1.54, 1.807) is 11.3 Å². The Kier molecular flexibility index (Phi) is 3.26. The zero-order chi connectivity index (χ0) is 8.10. The number of thiazole rings is 1. The van der Waals surface area contributed by atoms with Gasteiger partial charge in [0.25, 0.3) is 0 Å². The highest BCUT2D eigenvalue weighted by atomic mass is 32.1. The molecule has 0 amide bonds. The van der Waals surface area contributed by atoms with Crippen LogP contribution in [0.3, 0.4) is 0 Å². The summed E-state index contributed by atoms with van der Waals surface area (Å²) in [5.74, 6) is 0. The van der Waals surface area contributed by atoms with Gasteiger partial charge in [-0.05, 0) is 26.0 Å². The minimum atomic E-state index is 0.708. The van der Waals surface area contributed by atoms with Crippen molar-refractivity contribution in [2.75, 3.05) is 6.54 Å². The highest BCUT2D eigenvalue weighted by Crippen LogP contribution is 2.09. The lowest BCUT2D eigenvalue weighted by Gasteiger charge is -1.83. The molecule has 1 aromatic rings. The minimum Gasteiger partial charge on any atom is -0.330 e. The first kappa shape index (κ1) is 8.43. The molecule has 11 heavy (non-hydrogen) atoms. The average Bonchev–Trinajstić information content (AvgIpc) is 2.37. The van der Waals surface area contributed by atoms with Crippen LogP contribution in [0.5, 0.6) is 0 Å². The van der Waals surface area contributed by atoms with E-state index < -0.39 is 0 Å². The van der Waals surface area contributed by atoms with E-state index in [0.717, 1.165) is 17.1 Å². The van der Waals surface area contributed by atoms with Crippen molar-refractivity contribution >= 4 is 17.4 Å². The summed E-state index contributed by atoms with van der Waals surface area (Å²) < 4.78 is 0. The van der Waals surface area contributed by atoms with E-state index in [2.05, 4.69) is 11.1 Å². The van der Waals surface area contributed by atoms with Crippen LogP contribution in [0.1, 0.15) is 17.1 Å². The van der Waals surface area contributed by atoms with E-state index in [0.29, 0.717) is 6.54 Å². The molecule has 1 heterocycles. The van der Waals surface area contributed by atoms with Crippen molar-refractivity contribution in [1.29, 1.82) is 0 Å². The van der Waals surface area contributed by atoms with Gasteiger partial charge in [0.05, 0.1) is 10.7 Å². The molecule has 0 spiro atoms. The Morgan fingerprint density at radius 1 is 1.73 bits per heavy atom. The topological polar surface area (TPSA) is 38.9 Å². The van der Waals surface area contributed by atoms with Gasteiger partial charge in [0, 0.05) is 5.38 Å². The lowest BCUT2D eigenvalue weighted by atomic mass is 10.3. The zero-order valence-corrected chi connectivity index (χ0v) is 7.40. The maximum atomic E-state index is 5.33. The lowest BCUT2D eigenvalue weighted by Crippen LogP contribution is -1.94. The van der Waals surface area contributed by atoms with E-state index in [4.69, 9.17) is 5.73 Å². The number of rotatable bonds is 3. The number of aromatic nitrogens is 1. The van der Waals surface area contributed by atoms with Gasteiger partial charge in [-0.3, -0.25) is 0 Å². The highest BCUT2D eigenvalue weighted by Gasteiger charge is 1.90. The second-order valence-corrected chi connectivity index (χ2v) is 3.33. The second kappa shape index (κ2) is 4.26. The summed E-state index contributed by atoms with van der Waals surface area (Å²) in [4.78, 5) is 4.27. The molecule has 0 saturated heterocycles. The summed E-state index contributed by atoms with van der Waals surface area (Å²) >= 11 is 1.67. The van der Waals surface area contributed by atoms with E-state index in [1.807, 2.05) is 18.4 Å². The molecular formula is C8H12N2S. The van der Waals surface area contributed by atoms with Crippen LogP contribution >= 0.6 is 11.3 Å². The van der Waals surface area contributed by atoms with Crippen molar-refractivity contribution in [2.24, 2.45) is 5.73 Å². The molecule has 0 unspecified atom stereocenters. The fraction of sp³-hybridized carbons (Fsp3) is 0.375. The number of hydrogen-bond donors (Lipinski definition) is 1. The van der Waals surface area contributed by atoms with Crippen LogP contribution in [0, 0.1) is 6.92 Å². The summed E-state index contributed by atoms with van der Waals surface area (Å²) in [6.07, 6.45) is 4.99. The van der Waals surface area contributed by atoms with Crippen molar-refractivity contribution < 1.29 is 0 Å². The van der Waals surface area contributed by atoms with Crippen LogP contribution in [-0.4, -0.2) is 11.5 Å². The van der Waals surface area contributed by atoms with Crippen molar-refractivity contribution in [2.45, 2.75) is 13.3 Å². The number of nitrogens with zero attached hydrogens (tertiary/aromatic N) is 1. The molecule has 2 nitrogen and oxygen atoms in total. The SMILES string of the molecule is Cc1nc(/C=C/CCN)cs1. The van der Waals surface area contributed by atoms with Crippen LogP contribution in [0.25, 0.3) is 6.08 Å². The number of hydrogen-bond acceptors (Lipinski definition) is 3. The van der Waals surface area contributed by atoms with Crippen molar-refractivity contribution in [3.8, 4) is 0 Å². The largest absolute Gasteiger partial charge is 0.330 e. The van der Waals surface area contributed by atoms with Crippen LogP contribution in [0.2, 0.25) is 0 Å². The summed E-state index contributed by atoms with van der Waals surface area (Å²) in [7, 11) is 0. The Hall–Kier alpha value is -0.670. The highest BCUT2D eigenvalue weighted by molar-refractivity contribution is 7.09. The van der Waals surface area contributed by atoms with Crippen molar-refractivity contribution in [1.82, 2.24) is 4.98 Å². The van der Waals surface area contributed by atoms with Crippen LogP contribution in [0.15, 0.2) is 11.5 Å². The molecule has 0 fully saturated rings. The first-order chi connectivity index (χ1) is 5.33. The van der Waals surface area contributed by atoms with Gasteiger partial charge in [0.2, 0.25) is 0 Å². The maximum Gasteiger partial charge on any atom is 0.0901 e. The summed E-state index contributed by atoms with van der Waals surface area (Å²) in [5.41, 5.74) is 6.37. The zero-order valence-electron chi connectivity index (χ0n) is 6.58. The quantitative estimate of drug-likeness (QED) is 0.747. The van der Waals surface area contributed by atoms with Gasteiger partial charge in [-0.1, -0.05) is 6.08 Å². The van der Waals surface area contributed by atoms with Gasteiger partial charge in [0.1, 0.15) is 0 Å². The lowest BCUT2D eigenvalue weighted by molar-refractivity contribution is 1.01. The van der Waals surface area contributed by atoms with Gasteiger partial charge in [-0.2, -0.15) is 0 Å². The van der Waals surface area contributed by atoms with Gasteiger partial charge < -0.3 is 5.73 Å². The van der Waals surface area contributed by atoms with Crippen LogP contribution in [-0.2, 0) is 0 Å². The normalized spacial score (nSPS) is 11.1. The predicted octanol–water partition coefficient (Wildman–Crippen LogP) is 1.81. The molecule has 1 rings (SSSR count). The summed E-state index contributed by atoms with van der Waals surface area (Å²) in [6, 6.07) is 0. The molecule has 0 radical (unpaired) electrons. The molecule has 0 aliphatic carbocycles. The van der Waals surface area contributed by atoms with E-state index in [1.165, 1.54) is 0 Å².